The maximum atomic E-state index is 12.8. The molecule has 0 aliphatic carbocycles. The van der Waals surface area contributed by atoms with Gasteiger partial charge >= 0.3 is 0 Å². The van der Waals surface area contributed by atoms with Crippen molar-refractivity contribution >= 4 is 23.2 Å². The molecule has 0 aliphatic heterocycles. The number of hydrogen-bond acceptors (Lipinski definition) is 3. The lowest BCUT2D eigenvalue weighted by atomic mass is 10.1. The van der Waals surface area contributed by atoms with Gasteiger partial charge in [-0.2, -0.15) is 0 Å². The Balaban J connectivity index is 2.08. The lowest BCUT2D eigenvalue weighted by Crippen LogP contribution is -2.39. The van der Waals surface area contributed by atoms with E-state index in [0.29, 0.717) is 23.7 Å². The second kappa shape index (κ2) is 8.95. The molecule has 0 aromatic heterocycles. The maximum Gasteiger partial charge on any atom is 0.263 e. The first-order chi connectivity index (χ1) is 12.3. The Bertz CT molecular complexity index is 761. The normalized spacial score (nSPS) is 11.8. The SMILES string of the molecule is CCC(Oc1ccc(C)cc1Cl)C(=O)N(C)Cc1cccc(N(C)C)c1. The molecule has 0 radical (unpaired) electrons. The van der Waals surface area contributed by atoms with Gasteiger partial charge in [0.25, 0.3) is 5.91 Å². The van der Waals surface area contributed by atoms with E-state index in [1.807, 2.05) is 69.2 Å². The zero-order valence-electron chi connectivity index (χ0n) is 16.1. The molecule has 0 saturated carbocycles. The quantitative estimate of drug-likeness (QED) is 0.713. The molecule has 0 spiro atoms. The molecule has 2 aromatic rings. The highest BCUT2D eigenvalue weighted by atomic mass is 35.5. The Morgan fingerprint density at radius 1 is 1.15 bits per heavy atom. The lowest BCUT2D eigenvalue weighted by Gasteiger charge is -2.25. The summed E-state index contributed by atoms with van der Waals surface area (Å²) in [5.74, 6) is 0.486. The Morgan fingerprint density at radius 3 is 2.50 bits per heavy atom. The Morgan fingerprint density at radius 2 is 1.88 bits per heavy atom. The molecule has 2 aromatic carbocycles. The first-order valence-corrected chi connectivity index (χ1v) is 9.13. The fourth-order valence-electron chi connectivity index (χ4n) is 2.69. The first kappa shape index (κ1) is 20.1. The topological polar surface area (TPSA) is 32.8 Å². The van der Waals surface area contributed by atoms with Gasteiger partial charge in [0.2, 0.25) is 0 Å². The number of amides is 1. The molecule has 0 bridgehead atoms. The van der Waals surface area contributed by atoms with Crippen LogP contribution in [-0.2, 0) is 11.3 Å². The first-order valence-electron chi connectivity index (χ1n) is 8.75. The van der Waals surface area contributed by atoms with Crippen molar-refractivity contribution in [2.45, 2.75) is 32.9 Å². The summed E-state index contributed by atoms with van der Waals surface area (Å²) in [6.07, 6.45) is 0.0164. The summed E-state index contributed by atoms with van der Waals surface area (Å²) < 4.78 is 5.90. The summed E-state index contributed by atoms with van der Waals surface area (Å²) in [5, 5.41) is 0.526. The Hall–Kier alpha value is -2.20. The minimum Gasteiger partial charge on any atom is -0.479 e. The van der Waals surface area contributed by atoms with Crippen LogP contribution in [-0.4, -0.2) is 38.1 Å². The third kappa shape index (κ3) is 5.15. The highest BCUT2D eigenvalue weighted by Gasteiger charge is 2.23. The fourth-order valence-corrected chi connectivity index (χ4v) is 2.97. The van der Waals surface area contributed by atoms with Gasteiger partial charge in [-0.15, -0.1) is 0 Å². The molecule has 0 saturated heterocycles. The minimum absolute atomic E-state index is 0.0561. The number of aryl methyl sites for hydroxylation is 1. The number of halogens is 1. The number of nitrogens with zero attached hydrogens (tertiary/aromatic N) is 2. The number of ether oxygens (including phenoxy) is 1. The van der Waals surface area contributed by atoms with Crippen LogP contribution >= 0.6 is 11.6 Å². The summed E-state index contributed by atoms with van der Waals surface area (Å²) in [4.78, 5) is 16.6. The molecule has 0 fully saturated rings. The second-order valence-electron chi connectivity index (χ2n) is 6.71. The van der Waals surface area contributed by atoms with E-state index in [0.717, 1.165) is 16.8 Å². The van der Waals surface area contributed by atoms with Crippen molar-refractivity contribution in [1.29, 1.82) is 0 Å². The van der Waals surface area contributed by atoms with Gasteiger partial charge in [0.1, 0.15) is 5.75 Å². The van der Waals surface area contributed by atoms with Crippen LogP contribution in [0.15, 0.2) is 42.5 Å². The van der Waals surface area contributed by atoms with Crippen molar-refractivity contribution in [3.05, 3.63) is 58.6 Å². The molecular formula is C21H27ClN2O2. The van der Waals surface area contributed by atoms with Crippen molar-refractivity contribution in [1.82, 2.24) is 4.90 Å². The predicted octanol–water partition coefficient (Wildman–Crippen LogP) is 4.53. The van der Waals surface area contributed by atoms with Crippen molar-refractivity contribution in [3.63, 3.8) is 0 Å². The van der Waals surface area contributed by atoms with Gasteiger partial charge in [-0.05, 0) is 48.7 Å². The van der Waals surface area contributed by atoms with Crippen LogP contribution in [0.5, 0.6) is 5.75 Å². The average Bonchev–Trinajstić information content (AvgIpc) is 2.60. The number of benzene rings is 2. The summed E-state index contributed by atoms with van der Waals surface area (Å²) in [7, 11) is 5.80. The van der Waals surface area contributed by atoms with Gasteiger partial charge in [-0.1, -0.05) is 36.7 Å². The summed E-state index contributed by atoms with van der Waals surface area (Å²) >= 11 is 6.24. The Kier molecular flexibility index (Phi) is 6.92. The van der Waals surface area contributed by atoms with E-state index in [2.05, 4.69) is 6.07 Å². The number of likely N-dealkylation sites (N-methyl/N-ethyl adjacent to an activating group) is 1. The van der Waals surface area contributed by atoms with Crippen molar-refractivity contribution in [3.8, 4) is 5.75 Å². The van der Waals surface area contributed by atoms with E-state index in [-0.39, 0.29) is 5.91 Å². The van der Waals surface area contributed by atoms with Gasteiger partial charge in [0.05, 0.1) is 5.02 Å². The van der Waals surface area contributed by atoms with E-state index in [1.54, 1.807) is 11.9 Å². The molecule has 4 nitrogen and oxygen atoms in total. The number of carbonyl (C=O) groups excluding carboxylic acids is 1. The van der Waals surface area contributed by atoms with Gasteiger partial charge in [0, 0.05) is 33.4 Å². The van der Waals surface area contributed by atoms with Crippen LogP contribution < -0.4 is 9.64 Å². The van der Waals surface area contributed by atoms with Gasteiger partial charge in [-0.25, -0.2) is 0 Å². The number of rotatable bonds is 7. The number of carbonyl (C=O) groups is 1. The summed E-state index contributed by atoms with van der Waals surface area (Å²) in [6.45, 7) is 4.43. The van der Waals surface area contributed by atoms with Crippen LogP contribution in [0.3, 0.4) is 0 Å². The average molecular weight is 375 g/mol. The standard InChI is InChI=1S/C21H27ClN2O2/c1-6-19(26-20-11-10-15(2)12-18(20)22)21(25)24(5)14-16-8-7-9-17(13-16)23(3)4/h7-13,19H,6,14H2,1-5H3. The van der Waals surface area contributed by atoms with Gasteiger partial charge < -0.3 is 14.5 Å². The minimum atomic E-state index is -0.558. The van der Waals surface area contributed by atoms with E-state index < -0.39 is 6.10 Å². The molecule has 0 aliphatic rings. The second-order valence-corrected chi connectivity index (χ2v) is 7.11. The molecular weight excluding hydrogens is 348 g/mol. The summed E-state index contributed by atoms with van der Waals surface area (Å²) in [5.41, 5.74) is 3.24. The van der Waals surface area contributed by atoms with Crippen LogP contribution in [0.1, 0.15) is 24.5 Å². The van der Waals surface area contributed by atoms with E-state index in [4.69, 9.17) is 16.3 Å². The number of anilines is 1. The molecule has 1 unspecified atom stereocenters. The number of hydrogen-bond donors (Lipinski definition) is 0. The zero-order chi connectivity index (χ0) is 19.3. The van der Waals surface area contributed by atoms with Crippen LogP contribution in [0.2, 0.25) is 5.02 Å². The largest absolute Gasteiger partial charge is 0.479 e. The van der Waals surface area contributed by atoms with Gasteiger partial charge in [0.15, 0.2) is 6.10 Å². The molecule has 2 rings (SSSR count). The molecule has 26 heavy (non-hydrogen) atoms. The van der Waals surface area contributed by atoms with Crippen molar-refractivity contribution < 1.29 is 9.53 Å². The Labute approximate surface area is 161 Å². The van der Waals surface area contributed by atoms with Crippen LogP contribution in [0.25, 0.3) is 0 Å². The van der Waals surface area contributed by atoms with Gasteiger partial charge in [-0.3, -0.25) is 4.79 Å². The molecule has 0 heterocycles. The third-order valence-electron chi connectivity index (χ3n) is 4.23. The molecule has 5 heteroatoms. The molecule has 0 N–H and O–H groups in total. The monoisotopic (exact) mass is 374 g/mol. The van der Waals surface area contributed by atoms with E-state index in [1.165, 1.54) is 0 Å². The smallest absolute Gasteiger partial charge is 0.263 e. The molecule has 1 atom stereocenters. The lowest BCUT2D eigenvalue weighted by molar-refractivity contribution is -0.138. The molecule has 1 amide bonds. The van der Waals surface area contributed by atoms with E-state index in [9.17, 15) is 4.79 Å². The predicted molar refractivity (Wildman–Crippen MR) is 108 cm³/mol. The van der Waals surface area contributed by atoms with Crippen LogP contribution in [0, 0.1) is 6.92 Å². The highest BCUT2D eigenvalue weighted by molar-refractivity contribution is 6.32. The zero-order valence-corrected chi connectivity index (χ0v) is 16.9. The van der Waals surface area contributed by atoms with E-state index >= 15 is 0 Å². The van der Waals surface area contributed by atoms with Crippen molar-refractivity contribution in [2.24, 2.45) is 0 Å². The van der Waals surface area contributed by atoms with Crippen LogP contribution in [0.4, 0.5) is 5.69 Å². The molecule has 140 valence electrons. The van der Waals surface area contributed by atoms with Crippen molar-refractivity contribution in [2.75, 3.05) is 26.0 Å². The highest BCUT2D eigenvalue weighted by Crippen LogP contribution is 2.27. The summed E-state index contributed by atoms with van der Waals surface area (Å²) in [6, 6.07) is 13.7. The fraction of sp³-hybridized carbons (Fsp3) is 0.381. The maximum absolute atomic E-state index is 12.8. The third-order valence-corrected chi connectivity index (χ3v) is 4.52.